The number of esters is 1. The maximum Gasteiger partial charge on any atom is 0.339 e. The fourth-order valence-electron chi connectivity index (χ4n) is 3.25. The van der Waals surface area contributed by atoms with E-state index >= 15 is 0 Å². The fourth-order valence-corrected chi connectivity index (χ4v) is 3.25. The van der Waals surface area contributed by atoms with E-state index in [9.17, 15) is 9.90 Å². The van der Waals surface area contributed by atoms with Crippen LogP contribution in [0.25, 0.3) is 0 Å². The summed E-state index contributed by atoms with van der Waals surface area (Å²) in [6.07, 6.45) is 0.518. The first-order valence-electron chi connectivity index (χ1n) is 8.74. The standard InChI is InChI=1S/C21H24O4/c1-4-5-10-24-16-8-6-15(7-9-16)19(22)20-17-12-13(2)11-14(3)18(17)21(23)25-20/h6-9,11-12,19-20,22H,4-5,10H2,1-3H3. The van der Waals surface area contributed by atoms with Gasteiger partial charge >= 0.3 is 5.97 Å². The number of unbranched alkanes of at least 4 members (excludes halogenated alkanes) is 1. The second-order valence-corrected chi connectivity index (χ2v) is 6.59. The Hall–Kier alpha value is -2.33. The van der Waals surface area contributed by atoms with E-state index in [1.165, 1.54) is 0 Å². The number of cyclic esters (lactones) is 1. The number of carbonyl (C=O) groups is 1. The molecule has 0 aliphatic carbocycles. The summed E-state index contributed by atoms with van der Waals surface area (Å²) in [6, 6.07) is 11.2. The van der Waals surface area contributed by atoms with Crippen molar-refractivity contribution in [3.05, 3.63) is 64.2 Å². The van der Waals surface area contributed by atoms with E-state index in [4.69, 9.17) is 9.47 Å². The van der Waals surface area contributed by atoms with E-state index in [0.29, 0.717) is 17.7 Å². The summed E-state index contributed by atoms with van der Waals surface area (Å²) >= 11 is 0. The molecule has 2 atom stereocenters. The molecule has 1 heterocycles. The molecule has 0 spiro atoms. The second-order valence-electron chi connectivity index (χ2n) is 6.59. The minimum absolute atomic E-state index is 0.365. The van der Waals surface area contributed by atoms with Crippen molar-refractivity contribution in [1.82, 2.24) is 0 Å². The van der Waals surface area contributed by atoms with Crippen LogP contribution in [0.15, 0.2) is 36.4 Å². The molecule has 2 aromatic rings. The first-order valence-corrected chi connectivity index (χ1v) is 8.74. The number of benzene rings is 2. The average Bonchev–Trinajstić information content (AvgIpc) is 2.92. The molecule has 0 bridgehead atoms. The predicted molar refractivity (Wildman–Crippen MR) is 95.9 cm³/mol. The van der Waals surface area contributed by atoms with Gasteiger partial charge in [0.15, 0.2) is 6.10 Å². The zero-order chi connectivity index (χ0) is 18.0. The van der Waals surface area contributed by atoms with Gasteiger partial charge in [-0.1, -0.05) is 43.2 Å². The minimum atomic E-state index is -0.906. The Morgan fingerprint density at radius 2 is 1.92 bits per heavy atom. The lowest BCUT2D eigenvalue weighted by atomic mass is 9.93. The van der Waals surface area contributed by atoms with Crippen LogP contribution < -0.4 is 4.74 Å². The van der Waals surface area contributed by atoms with Gasteiger partial charge in [-0.3, -0.25) is 0 Å². The third-order valence-corrected chi connectivity index (χ3v) is 4.53. The lowest BCUT2D eigenvalue weighted by Crippen LogP contribution is -2.11. The van der Waals surface area contributed by atoms with Gasteiger partial charge in [0.1, 0.15) is 11.9 Å². The molecule has 0 radical (unpaired) electrons. The molecule has 0 saturated heterocycles. The van der Waals surface area contributed by atoms with Crippen molar-refractivity contribution in [2.75, 3.05) is 6.61 Å². The number of carbonyl (C=O) groups excluding carboxylic acids is 1. The molecular formula is C21H24O4. The highest BCUT2D eigenvalue weighted by Crippen LogP contribution is 2.41. The molecule has 4 heteroatoms. The van der Waals surface area contributed by atoms with E-state index in [2.05, 4.69) is 6.92 Å². The maximum atomic E-state index is 12.2. The number of rotatable bonds is 6. The molecule has 0 saturated carbocycles. The average molecular weight is 340 g/mol. The van der Waals surface area contributed by atoms with Gasteiger partial charge in [0.25, 0.3) is 0 Å². The van der Waals surface area contributed by atoms with E-state index < -0.39 is 12.2 Å². The first kappa shape index (κ1) is 17.5. The van der Waals surface area contributed by atoms with Gasteiger partial charge in [0, 0.05) is 5.56 Å². The number of fused-ring (bicyclic) bond motifs is 1. The zero-order valence-corrected chi connectivity index (χ0v) is 14.9. The van der Waals surface area contributed by atoms with Gasteiger partial charge in [-0.15, -0.1) is 0 Å². The Bertz CT molecular complexity index is 764. The normalized spacial score (nSPS) is 17.1. The van der Waals surface area contributed by atoms with E-state index in [1.807, 2.05) is 50.2 Å². The Morgan fingerprint density at radius 1 is 1.20 bits per heavy atom. The third kappa shape index (κ3) is 3.54. The monoisotopic (exact) mass is 340 g/mol. The van der Waals surface area contributed by atoms with Crippen LogP contribution in [0.5, 0.6) is 5.75 Å². The number of ether oxygens (including phenoxy) is 2. The number of aryl methyl sites for hydroxylation is 2. The number of hydrogen-bond donors (Lipinski definition) is 1. The summed E-state index contributed by atoms with van der Waals surface area (Å²) in [5, 5.41) is 10.8. The van der Waals surface area contributed by atoms with E-state index in [1.54, 1.807) is 0 Å². The molecule has 0 aromatic heterocycles. The molecule has 25 heavy (non-hydrogen) atoms. The topological polar surface area (TPSA) is 55.8 Å². The lowest BCUT2D eigenvalue weighted by Gasteiger charge is -2.19. The van der Waals surface area contributed by atoms with Gasteiger partial charge in [-0.05, 0) is 43.5 Å². The molecule has 1 aliphatic rings. The molecule has 0 fully saturated rings. The highest BCUT2D eigenvalue weighted by atomic mass is 16.6. The van der Waals surface area contributed by atoms with Gasteiger partial charge in [0.2, 0.25) is 0 Å². The summed E-state index contributed by atoms with van der Waals surface area (Å²) in [6.45, 7) is 6.67. The molecule has 4 nitrogen and oxygen atoms in total. The number of aliphatic hydroxyl groups excluding tert-OH is 1. The molecule has 2 unspecified atom stereocenters. The van der Waals surface area contributed by atoms with Crippen molar-refractivity contribution >= 4 is 5.97 Å². The summed E-state index contributed by atoms with van der Waals surface area (Å²) < 4.78 is 11.1. The molecule has 132 valence electrons. The van der Waals surface area contributed by atoms with Crippen molar-refractivity contribution in [2.24, 2.45) is 0 Å². The SMILES string of the molecule is CCCCOc1ccc(C(O)C2OC(=O)c3c(C)cc(C)cc32)cc1. The molecule has 0 amide bonds. The second kappa shape index (κ2) is 7.28. The molecule has 2 aromatic carbocycles. The number of hydrogen-bond acceptors (Lipinski definition) is 4. The fraction of sp³-hybridized carbons (Fsp3) is 0.381. The molecule has 1 aliphatic heterocycles. The quantitative estimate of drug-likeness (QED) is 0.624. The Kier molecular flexibility index (Phi) is 5.09. The summed E-state index contributed by atoms with van der Waals surface area (Å²) in [5.74, 6) is 0.413. The predicted octanol–water partition coefficient (Wildman–Crippen LogP) is 4.43. The summed E-state index contributed by atoms with van der Waals surface area (Å²) in [5.41, 5.74) is 3.97. The Balaban J connectivity index is 1.81. The van der Waals surface area contributed by atoms with Gasteiger partial charge in [-0.2, -0.15) is 0 Å². The van der Waals surface area contributed by atoms with Crippen LogP contribution in [-0.4, -0.2) is 17.7 Å². The van der Waals surface area contributed by atoms with Gasteiger partial charge in [-0.25, -0.2) is 4.79 Å². The van der Waals surface area contributed by atoms with Gasteiger partial charge in [0.05, 0.1) is 12.2 Å². The first-order chi connectivity index (χ1) is 12.0. The lowest BCUT2D eigenvalue weighted by molar-refractivity contribution is -0.0103. The van der Waals surface area contributed by atoms with Crippen molar-refractivity contribution < 1.29 is 19.4 Å². The highest BCUT2D eigenvalue weighted by Gasteiger charge is 2.37. The number of aliphatic hydroxyl groups is 1. The summed E-state index contributed by atoms with van der Waals surface area (Å²) in [7, 11) is 0. The van der Waals surface area contributed by atoms with Crippen molar-refractivity contribution in [1.29, 1.82) is 0 Å². The van der Waals surface area contributed by atoms with Crippen LogP contribution in [0.1, 0.15) is 64.6 Å². The third-order valence-electron chi connectivity index (χ3n) is 4.53. The molecule has 3 rings (SSSR count). The Morgan fingerprint density at radius 3 is 2.60 bits per heavy atom. The maximum absolute atomic E-state index is 12.2. The minimum Gasteiger partial charge on any atom is -0.494 e. The van der Waals surface area contributed by atoms with Crippen LogP contribution in [-0.2, 0) is 4.74 Å². The molecule has 1 N–H and O–H groups in total. The van der Waals surface area contributed by atoms with Crippen LogP contribution in [0.4, 0.5) is 0 Å². The Labute approximate surface area is 148 Å². The van der Waals surface area contributed by atoms with Crippen molar-refractivity contribution in [3.8, 4) is 5.75 Å². The molecular weight excluding hydrogens is 316 g/mol. The van der Waals surface area contributed by atoms with E-state index in [-0.39, 0.29) is 5.97 Å². The van der Waals surface area contributed by atoms with Crippen molar-refractivity contribution in [3.63, 3.8) is 0 Å². The summed E-state index contributed by atoms with van der Waals surface area (Å²) in [4.78, 5) is 12.2. The van der Waals surface area contributed by atoms with E-state index in [0.717, 1.165) is 35.3 Å². The van der Waals surface area contributed by atoms with Crippen LogP contribution in [0.2, 0.25) is 0 Å². The van der Waals surface area contributed by atoms with Crippen LogP contribution in [0.3, 0.4) is 0 Å². The zero-order valence-electron chi connectivity index (χ0n) is 14.9. The van der Waals surface area contributed by atoms with Gasteiger partial charge < -0.3 is 14.6 Å². The van der Waals surface area contributed by atoms with Crippen LogP contribution >= 0.6 is 0 Å². The largest absolute Gasteiger partial charge is 0.494 e. The van der Waals surface area contributed by atoms with Crippen molar-refractivity contribution in [2.45, 2.75) is 45.8 Å². The van der Waals surface area contributed by atoms with Crippen LogP contribution in [0, 0.1) is 13.8 Å². The highest BCUT2D eigenvalue weighted by molar-refractivity contribution is 5.95. The smallest absolute Gasteiger partial charge is 0.339 e.